The van der Waals surface area contributed by atoms with E-state index in [2.05, 4.69) is 15.9 Å². The van der Waals surface area contributed by atoms with E-state index < -0.39 is 4.92 Å². The van der Waals surface area contributed by atoms with Crippen LogP contribution < -0.4 is 0 Å². The third kappa shape index (κ3) is 3.59. The summed E-state index contributed by atoms with van der Waals surface area (Å²) in [7, 11) is 0. The fraction of sp³-hybridized carbons (Fsp3) is 0.500. The van der Waals surface area contributed by atoms with E-state index in [0.717, 1.165) is 25.7 Å². The molecule has 1 aromatic rings. The van der Waals surface area contributed by atoms with E-state index in [-0.39, 0.29) is 36.4 Å². The summed E-state index contributed by atoms with van der Waals surface area (Å²) in [5.41, 5.74) is 0.154. The molecule has 21 heavy (non-hydrogen) atoms. The summed E-state index contributed by atoms with van der Waals surface area (Å²) >= 11 is 3.11. The second-order valence-electron chi connectivity index (χ2n) is 5.08. The molecule has 1 N–H and O–H groups in total. The van der Waals surface area contributed by atoms with Crippen LogP contribution in [-0.2, 0) is 0 Å². The van der Waals surface area contributed by atoms with Crippen molar-refractivity contribution in [2.75, 3.05) is 13.2 Å². The van der Waals surface area contributed by atoms with E-state index in [9.17, 15) is 20.0 Å². The largest absolute Gasteiger partial charge is 0.395 e. The van der Waals surface area contributed by atoms with Crippen molar-refractivity contribution >= 4 is 27.5 Å². The number of nitro benzene ring substituents is 1. The summed E-state index contributed by atoms with van der Waals surface area (Å²) in [6, 6.07) is 4.48. The molecule has 0 atom stereocenters. The van der Waals surface area contributed by atoms with Crippen LogP contribution >= 0.6 is 15.9 Å². The van der Waals surface area contributed by atoms with Crippen LogP contribution in [0.15, 0.2) is 22.7 Å². The van der Waals surface area contributed by atoms with Gasteiger partial charge in [0.25, 0.3) is 11.6 Å². The molecule has 0 bridgehead atoms. The second-order valence-corrected chi connectivity index (χ2v) is 5.94. The van der Waals surface area contributed by atoms with E-state index in [1.807, 2.05) is 0 Å². The average Bonchev–Trinajstić information content (AvgIpc) is 2.98. The zero-order valence-corrected chi connectivity index (χ0v) is 13.1. The smallest absolute Gasteiger partial charge is 0.284 e. The molecular formula is C14H17BrN2O4. The van der Waals surface area contributed by atoms with Crippen LogP contribution in [0.5, 0.6) is 0 Å². The summed E-state index contributed by atoms with van der Waals surface area (Å²) in [6.45, 7) is 0.147. The van der Waals surface area contributed by atoms with Crippen LogP contribution in [0.2, 0.25) is 0 Å². The number of hydrogen-bond donors (Lipinski definition) is 1. The van der Waals surface area contributed by atoms with Crippen molar-refractivity contribution in [3.63, 3.8) is 0 Å². The number of carbonyl (C=O) groups is 1. The third-order valence-corrected chi connectivity index (χ3v) is 4.43. The third-order valence-electron chi connectivity index (χ3n) is 3.76. The maximum atomic E-state index is 12.6. The summed E-state index contributed by atoms with van der Waals surface area (Å²) < 4.78 is 0.346. The van der Waals surface area contributed by atoms with Gasteiger partial charge in [-0.3, -0.25) is 14.9 Å². The first kappa shape index (κ1) is 15.9. The lowest BCUT2D eigenvalue weighted by molar-refractivity contribution is -0.385. The number of halogens is 1. The predicted molar refractivity (Wildman–Crippen MR) is 81.2 cm³/mol. The van der Waals surface area contributed by atoms with Gasteiger partial charge in [0.15, 0.2) is 0 Å². The highest BCUT2D eigenvalue weighted by molar-refractivity contribution is 9.10. The van der Waals surface area contributed by atoms with Gasteiger partial charge in [-0.25, -0.2) is 0 Å². The molecule has 114 valence electrons. The SMILES string of the molecule is O=C(c1ccc(Br)c([N+](=O)[O-])c1)N(CCO)C1CCCC1. The Kier molecular flexibility index (Phi) is 5.30. The molecule has 1 saturated carbocycles. The zero-order valence-electron chi connectivity index (χ0n) is 11.5. The second kappa shape index (κ2) is 7.00. The quantitative estimate of drug-likeness (QED) is 0.649. The van der Waals surface area contributed by atoms with Crippen LogP contribution in [0.4, 0.5) is 5.69 Å². The topological polar surface area (TPSA) is 83.7 Å². The first-order valence-electron chi connectivity index (χ1n) is 6.90. The Hall–Kier alpha value is -1.47. The highest BCUT2D eigenvalue weighted by Gasteiger charge is 2.28. The molecule has 0 aliphatic heterocycles. The molecule has 1 amide bonds. The van der Waals surface area contributed by atoms with E-state index in [4.69, 9.17) is 0 Å². The molecule has 0 spiro atoms. The zero-order chi connectivity index (χ0) is 15.4. The summed E-state index contributed by atoms with van der Waals surface area (Å²) in [5, 5.41) is 20.1. The number of rotatable bonds is 5. The fourth-order valence-corrected chi connectivity index (χ4v) is 3.12. The Bertz CT molecular complexity index is 544. The summed E-state index contributed by atoms with van der Waals surface area (Å²) in [6.07, 6.45) is 3.98. The van der Waals surface area contributed by atoms with Gasteiger partial charge in [0.05, 0.1) is 16.0 Å². The van der Waals surface area contributed by atoms with Crippen molar-refractivity contribution in [3.05, 3.63) is 38.3 Å². The minimum absolute atomic E-state index is 0.110. The molecule has 0 saturated heterocycles. The van der Waals surface area contributed by atoms with Gasteiger partial charge in [-0.2, -0.15) is 0 Å². The van der Waals surface area contributed by atoms with Gasteiger partial charge in [-0.05, 0) is 40.9 Å². The maximum absolute atomic E-state index is 12.6. The average molecular weight is 357 g/mol. The number of aliphatic hydroxyl groups is 1. The molecule has 6 nitrogen and oxygen atoms in total. The van der Waals surface area contributed by atoms with Crippen molar-refractivity contribution in [3.8, 4) is 0 Å². The highest BCUT2D eigenvalue weighted by atomic mass is 79.9. The van der Waals surface area contributed by atoms with Gasteiger partial charge < -0.3 is 10.0 Å². The molecule has 0 heterocycles. The Morgan fingerprint density at radius 1 is 1.43 bits per heavy atom. The maximum Gasteiger partial charge on any atom is 0.284 e. The monoisotopic (exact) mass is 356 g/mol. The Morgan fingerprint density at radius 2 is 2.10 bits per heavy atom. The number of benzene rings is 1. The lowest BCUT2D eigenvalue weighted by Gasteiger charge is -2.28. The van der Waals surface area contributed by atoms with Gasteiger partial charge >= 0.3 is 0 Å². The summed E-state index contributed by atoms with van der Waals surface area (Å²) in [5.74, 6) is -0.258. The van der Waals surface area contributed by atoms with Crippen molar-refractivity contribution < 1.29 is 14.8 Å². The molecule has 1 aliphatic carbocycles. The number of nitrogens with zero attached hydrogens (tertiary/aromatic N) is 2. The van der Waals surface area contributed by atoms with Crippen LogP contribution in [0.3, 0.4) is 0 Å². The fourth-order valence-electron chi connectivity index (χ4n) is 2.73. The van der Waals surface area contributed by atoms with Crippen molar-refractivity contribution in [1.29, 1.82) is 0 Å². The van der Waals surface area contributed by atoms with Crippen molar-refractivity contribution in [2.45, 2.75) is 31.7 Å². The number of aliphatic hydroxyl groups excluding tert-OH is 1. The van der Waals surface area contributed by atoms with Crippen LogP contribution in [-0.4, -0.2) is 40.0 Å². The normalized spacial score (nSPS) is 15.1. The van der Waals surface area contributed by atoms with Crippen molar-refractivity contribution in [1.82, 2.24) is 4.90 Å². The van der Waals surface area contributed by atoms with Gasteiger partial charge in [0.2, 0.25) is 0 Å². The van der Waals surface area contributed by atoms with Crippen molar-refractivity contribution in [2.24, 2.45) is 0 Å². The number of amides is 1. The van der Waals surface area contributed by atoms with E-state index in [1.54, 1.807) is 11.0 Å². The molecule has 0 aromatic heterocycles. The van der Waals surface area contributed by atoms with E-state index in [0.29, 0.717) is 4.47 Å². The van der Waals surface area contributed by atoms with Crippen LogP contribution in [0.1, 0.15) is 36.0 Å². The lowest BCUT2D eigenvalue weighted by Crippen LogP contribution is -2.40. The molecule has 1 aliphatic rings. The minimum Gasteiger partial charge on any atom is -0.395 e. The number of carbonyl (C=O) groups excluding carboxylic acids is 1. The first-order chi connectivity index (χ1) is 10.0. The molecule has 2 rings (SSSR count). The Labute approximate surface area is 131 Å². The van der Waals surface area contributed by atoms with Gasteiger partial charge in [0, 0.05) is 24.2 Å². The van der Waals surface area contributed by atoms with Gasteiger partial charge in [0.1, 0.15) is 0 Å². The molecule has 1 fully saturated rings. The van der Waals surface area contributed by atoms with E-state index >= 15 is 0 Å². The standard InChI is InChI=1S/C14H17BrN2O4/c15-12-6-5-10(9-13(12)17(20)21)14(19)16(7-8-18)11-3-1-2-4-11/h5-6,9,11,18H,1-4,7-8H2. The van der Waals surface area contributed by atoms with Crippen LogP contribution in [0.25, 0.3) is 0 Å². The van der Waals surface area contributed by atoms with E-state index in [1.165, 1.54) is 12.1 Å². The highest BCUT2D eigenvalue weighted by Crippen LogP contribution is 2.28. The Morgan fingerprint density at radius 3 is 2.67 bits per heavy atom. The predicted octanol–water partition coefficient (Wildman–Crippen LogP) is 2.73. The molecule has 0 unspecified atom stereocenters. The minimum atomic E-state index is -0.521. The van der Waals surface area contributed by atoms with Crippen LogP contribution in [0, 0.1) is 10.1 Å². The Balaban J connectivity index is 2.27. The molecule has 0 radical (unpaired) electrons. The number of hydrogen-bond acceptors (Lipinski definition) is 4. The first-order valence-corrected chi connectivity index (χ1v) is 7.69. The molecular weight excluding hydrogens is 340 g/mol. The molecule has 7 heteroatoms. The van der Waals surface area contributed by atoms with Gasteiger partial charge in [-0.15, -0.1) is 0 Å². The summed E-state index contributed by atoms with van der Waals surface area (Å²) in [4.78, 5) is 24.7. The number of nitro groups is 1. The van der Waals surface area contributed by atoms with Gasteiger partial charge in [-0.1, -0.05) is 12.8 Å². The lowest BCUT2D eigenvalue weighted by atomic mass is 10.1. The molecule has 1 aromatic carbocycles.